The average molecular weight is 704 g/mol. The SMILES string of the molecule is Ic1sc2ccccc2c1[Se]c1ccccc1.c1ccc([Se]c2csc3ccccc23)cc1. The number of benzene rings is 4. The first-order valence-electron chi connectivity index (χ1n) is 10.4. The van der Waals surface area contributed by atoms with Gasteiger partial charge < -0.3 is 0 Å². The molecule has 0 amide bonds. The molecule has 162 valence electrons. The Kier molecular flexibility index (Phi) is 8.01. The summed E-state index contributed by atoms with van der Waals surface area (Å²) in [5, 5.41) is 5.17. The molecule has 2 aromatic heterocycles. The van der Waals surface area contributed by atoms with E-state index in [4.69, 9.17) is 0 Å². The van der Waals surface area contributed by atoms with E-state index in [2.05, 4.69) is 137 Å². The Morgan fingerprint density at radius 1 is 0.545 bits per heavy atom. The fourth-order valence-corrected chi connectivity index (χ4v) is 11.6. The summed E-state index contributed by atoms with van der Waals surface area (Å²) in [6.45, 7) is 0. The van der Waals surface area contributed by atoms with Gasteiger partial charge in [-0.2, -0.15) is 0 Å². The quantitative estimate of drug-likeness (QED) is 0.163. The van der Waals surface area contributed by atoms with Crippen molar-refractivity contribution < 1.29 is 0 Å². The normalized spacial score (nSPS) is 10.8. The van der Waals surface area contributed by atoms with Crippen molar-refractivity contribution >= 4 is 113 Å². The van der Waals surface area contributed by atoms with Crippen molar-refractivity contribution in [1.82, 2.24) is 0 Å². The van der Waals surface area contributed by atoms with Crippen LogP contribution in [0.4, 0.5) is 0 Å². The summed E-state index contributed by atoms with van der Waals surface area (Å²) < 4.78 is 10.2. The van der Waals surface area contributed by atoms with E-state index in [0.717, 1.165) is 0 Å². The second-order valence-electron chi connectivity index (χ2n) is 7.13. The van der Waals surface area contributed by atoms with Crippen LogP contribution in [0.15, 0.2) is 115 Å². The van der Waals surface area contributed by atoms with Crippen LogP contribution in [0.2, 0.25) is 0 Å². The van der Waals surface area contributed by atoms with Crippen LogP contribution in [0.25, 0.3) is 20.2 Å². The van der Waals surface area contributed by atoms with E-state index in [1.807, 2.05) is 22.7 Å². The summed E-state index contributed by atoms with van der Waals surface area (Å²) in [4.78, 5) is 0. The summed E-state index contributed by atoms with van der Waals surface area (Å²) >= 11 is 7.07. The van der Waals surface area contributed by atoms with Gasteiger partial charge in [0.15, 0.2) is 0 Å². The van der Waals surface area contributed by atoms with Crippen LogP contribution in [-0.4, -0.2) is 29.9 Å². The van der Waals surface area contributed by atoms with E-state index >= 15 is 0 Å². The van der Waals surface area contributed by atoms with Crippen LogP contribution in [0.1, 0.15) is 0 Å². The molecule has 0 bridgehead atoms. The number of hydrogen-bond donors (Lipinski definition) is 0. The minimum atomic E-state index is 0.414. The summed E-state index contributed by atoms with van der Waals surface area (Å²) in [7, 11) is 0. The molecule has 0 nitrogen and oxygen atoms in total. The predicted octanol–water partition coefficient (Wildman–Crippen LogP) is 5.72. The molecule has 33 heavy (non-hydrogen) atoms. The predicted molar refractivity (Wildman–Crippen MR) is 159 cm³/mol. The molecule has 0 atom stereocenters. The second-order valence-corrected chi connectivity index (χ2v) is 15.5. The van der Waals surface area contributed by atoms with Gasteiger partial charge in [-0.25, -0.2) is 0 Å². The van der Waals surface area contributed by atoms with Gasteiger partial charge in [-0.1, -0.05) is 0 Å². The molecule has 0 N–H and O–H groups in total. The van der Waals surface area contributed by atoms with Gasteiger partial charge in [0.2, 0.25) is 0 Å². The monoisotopic (exact) mass is 706 g/mol. The topological polar surface area (TPSA) is 0 Å². The Morgan fingerprint density at radius 2 is 1.09 bits per heavy atom. The summed E-state index contributed by atoms with van der Waals surface area (Å²) in [5.74, 6) is 0. The van der Waals surface area contributed by atoms with Gasteiger partial charge in [-0.3, -0.25) is 0 Å². The average Bonchev–Trinajstić information content (AvgIpc) is 3.41. The molecule has 0 aliphatic heterocycles. The Balaban J connectivity index is 0.000000139. The molecule has 0 saturated heterocycles. The third-order valence-electron chi connectivity index (χ3n) is 4.89. The first-order valence-corrected chi connectivity index (χ1v) is 16.6. The van der Waals surface area contributed by atoms with Crippen LogP contribution in [0, 0.1) is 2.88 Å². The molecule has 0 aliphatic rings. The molecule has 0 spiro atoms. The molecule has 6 aromatic rings. The molecule has 0 radical (unpaired) electrons. The molecule has 6 rings (SSSR count). The van der Waals surface area contributed by atoms with Gasteiger partial charge in [0.1, 0.15) is 0 Å². The number of fused-ring (bicyclic) bond motifs is 2. The zero-order chi connectivity index (χ0) is 22.5. The summed E-state index contributed by atoms with van der Waals surface area (Å²) in [6.07, 6.45) is 0. The van der Waals surface area contributed by atoms with Crippen molar-refractivity contribution in [3.8, 4) is 0 Å². The zero-order valence-electron chi connectivity index (χ0n) is 17.5. The van der Waals surface area contributed by atoms with Crippen LogP contribution >= 0.6 is 45.3 Å². The molecule has 0 unspecified atom stereocenters. The third-order valence-corrected chi connectivity index (χ3v) is 14.1. The van der Waals surface area contributed by atoms with Gasteiger partial charge in [0, 0.05) is 0 Å². The molecule has 5 heteroatoms. The van der Waals surface area contributed by atoms with Crippen LogP contribution in [-0.2, 0) is 0 Å². The molecule has 2 heterocycles. The Morgan fingerprint density at radius 3 is 1.79 bits per heavy atom. The molecule has 0 saturated carbocycles. The fraction of sp³-hybridized carbons (Fsp3) is 0. The van der Waals surface area contributed by atoms with Crippen LogP contribution < -0.4 is 17.8 Å². The van der Waals surface area contributed by atoms with E-state index in [1.165, 1.54) is 40.9 Å². The van der Waals surface area contributed by atoms with Crippen molar-refractivity contribution in [3.05, 3.63) is 117 Å². The first-order chi connectivity index (χ1) is 16.3. The molecule has 4 aromatic carbocycles. The number of halogens is 1. The maximum atomic E-state index is 2.47. The van der Waals surface area contributed by atoms with Crippen molar-refractivity contribution in [3.63, 3.8) is 0 Å². The van der Waals surface area contributed by atoms with Crippen molar-refractivity contribution in [2.24, 2.45) is 0 Å². The van der Waals surface area contributed by atoms with Crippen molar-refractivity contribution in [1.29, 1.82) is 0 Å². The van der Waals surface area contributed by atoms with Gasteiger partial charge in [0.05, 0.1) is 0 Å². The van der Waals surface area contributed by atoms with Gasteiger partial charge in [0.25, 0.3) is 0 Å². The zero-order valence-corrected chi connectivity index (χ0v) is 24.7. The van der Waals surface area contributed by atoms with Gasteiger partial charge in [-0.05, 0) is 0 Å². The Hall–Kier alpha value is -1.43. The van der Waals surface area contributed by atoms with Gasteiger partial charge >= 0.3 is 231 Å². The minimum absolute atomic E-state index is 0.414. The Labute approximate surface area is 228 Å². The van der Waals surface area contributed by atoms with Crippen molar-refractivity contribution in [2.45, 2.75) is 0 Å². The number of thiophene rings is 2. The van der Waals surface area contributed by atoms with E-state index in [1.54, 1.807) is 0 Å². The summed E-state index contributed by atoms with van der Waals surface area (Å²) in [5.41, 5.74) is 0. The maximum absolute atomic E-state index is 2.47. The molecular formula is C28H19IS2Se2. The molecule has 0 aliphatic carbocycles. The van der Waals surface area contributed by atoms with Crippen molar-refractivity contribution in [2.75, 3.05) is 0 Å². The fourth-order valence-electron chi connectivity index (χ4n) is 3.34. The van der Waals surface area contributed by atoms with E-state index in [0.29, 0.717) is 29.9 Å². The van der Waals surface area contributed by atoms with E-state index < -0.39 is 0 Å². The van der Waals surface area contributed by atoms with E-state index in [9.17, 15) is 0 Å². The van der Waals surface area contributed by atoms with Gasteiger partial charge in [-0.15, -0.1) is 0 Å². The van der Waals surface area contributed by atoms with Crippen LogP contribution in [0.3, 0.4) is 0 Å². The first kappa shape index (κ1) is 23.3. The van der Waals surface area contributed by atoms with Crippen LogP contribution in [0.5, 0.6) is 0 Å². The standard InChI is InChI=1S/C14H9ISSe.C14H10SSe/c15-14-13(17-10-6-2-1-3-7-10)11-8-4-5-9-12(11)16-14;1-2-6-11(7-3-1)16-14-10-15-13-9-5-4-8-12(13)14/h1-9H;1-10H. The number of hydrogen-bond acceptors (Lipinski definition) is 2. The molecular weight excluding hydrogens is 685 g/mol. The Bertz CT molecular complexity index is 1470. The number of rotatable bonds is 4. The molecule has 0 fully saturated rings. The summed E-state index contributed by atoms with van der Waals surface area (Å²) in [6, 6.07) is 38.9. The third kappa shape index (κ3) is 5.80. The second kappa shape index (κ2) is 11.3. The van der Waals surface area contributed by atoms with E-state index in [-0.39, 0.29) is 0 Å².